The standard InChI is InChI=1S/C34H22O2/c35-30(36)20-29-25-15-7-9-17-27(25)34-32-23-13-5-4-10-21(23)18-19-28(32)24-14-6-8-16-26(24)33(34)31(29)22-11-2-1-3-12-22/h1-19H,20H2,(H,35,36). The predicted octanol–water partition coefficient (Wildman–Crippen LogP) is 8.75. The second kappa shape index (κ2) is 7.93. The summed E-state index contributed by atoms with van der Waals surface area (Å²) in [5.41, 5.74) is 2.91. The van der Waals surface area contributed by atoms with Gasteiger partial charge in [-0.3, -0.25) is 4.79 Å². The Morgan fingerprint density at radius 3 is 1.78 bits per heavy atom. The highest BCUT2D eigenvalue weighted by atomic mass is 16.4. The first kappa shape index (κ1) is 20.7. The van der Waals surface area contributed by atoms with Crippen LogP contribution < -0.4 is 0 Å². The molecule has 36 heavy (non-hydrogen) atoms. The van der Waals surface area contributed by atoms with E-state index in [1.54, 1.807) is 0 Å². The molecule has 0 aliphatic carbocycles. The van der Waals surface area contributed by atoms with Crippen LogP contribution in [0.3, 0.4) is 0 Å². The molecule has 0 saturated carbocycles. The highest BCUT2D eigenvalue weighted by Gasteiger charge is 2.22. The minimum atomic E-state index is -0.827. The maximum Gasteiger partial charge on any atom is 0.307 e. The lowest BCUT2D eigenvalue weighted by Crippen LogP contribution is -2.04. The summed E-state index contributed by atoms with van der Waals surface area (Å²) in [5.74, 6) is -0.827. The lowest BCUT2D eigenvalue weighted by atomic mass is 9.81. The normalized spacial score (nSPS) is 11.7. The minimum Gasteiger partial charge on any atom is -0.481 e. The van der Waals surface area contributed by atoms with Crippen molar-refractivity contribution < 1.29 is 9.90 Å². The van der Waals surface area contributed by atoms with Crippen LogP contribution in [0.1, 0.15) is 5.56 Å². The van der Waals surface area contributed by atoms with Gasteiger partial charge in [0.1, 0.15) is 0 Å². The van der Waals surface area contributed by atoms with Crippen LogP contribution >= 0.6 is 0 Å². The van der Waals surface area contributed by atoms with Crippen molar-refractivity contribution in [3.8, 4) is 11.1 Å². The molecule has 1 N–H and O–H groups in total. The third-order valence-electron chi connectivity index (χ3n) is 7.38. The predicted molar refractivity (Wildman–Crippen MR) is 151 cm³/mol. The van der Waals surface area contributed by atoms with Crippen LogP contribution in [0.15, 0.2) is 115 Å². The molecule has 0 amide bonds. The lowest BCUT2D eigenvalue weighted by molar-refractivity contribution is -0.136. The van der Waals surface area contributed by atoms with E-state index in [9.17, 15) is 9.90 Å². The Balaban J connectivity index is 1.90. The number of aliphatic carboxylic acids is 1. The van der Waals surface area contributed by atoms with E-state index in [0.29, 0.717) is 0 Å². The average molecular weight is 463 g/mol. The van der Waals surface area contributed by atoms with Crippen LogP contribution in [0.4, 0.5) is 0 Å². The van der Waals surface area contributed by atoms with E-state index in [-0.39, 0.29) is 6.42 Å². The molecule has 2 heteroatoms. The summed E-state index contributed by atoms with van der Waals surface area (Å²) in [6, 6.07) is 40.1. The number of benzene rings is 7. The highest BCUT2D eigenvalue weighted by molar-refractivity contribution is 6.39. The van der Waals surface area contributed by atoms with Crippen molar-refractivity contribution >= 4 is 59.8 Å². The average Bonchev–Trinajstić information content (AvgIpc) is 2.93. The van der Waals surface area contributed by atoms with Gasteiger partial charge in [0.05, 0.1) is 6.42 Å². The summed E-state index contributed by atoms with van der Waals surface area (Å²) in [6.45, 7) is 0. The van der Waals surface area contributed by atoms with Crippen molar-refractivity contribution in [1.82, 2.24) is 0 Å². The maximum atomic E-state index is 12.2. The van der Waals surface area contributed by atoms with Crippen LogP contribution in [0.5, 0.6) is 0 Å². The van der Waals surface area contributed by atoms with Crippen molar-refractivity contribution in [2.75, 3.05) is 0 Å². The van der Waals surface area contributed by atoms with Gasteiger partial charge in [0.15, 0.2) is 0 Å². The summed E-state index contributed by atoms with van der Waals surface area (Å²) in [6.07, 6.45) is -0.0391. The van der Waals surface area contributed by atoms with Gasteiger partial charge in [-0.25, -0.2) is 0 Å². The smallest absolute Gasteiger partial charge is 0.307 e. The van der Waals surface area contributed by atoms with Gasteiger partial charge in [-0.2, -0.15) is 0 Å². The summed E-state index contributed by atoms with van der Waals surface area (Å²) < 4.78 is 0. The molecule has 0 spiro atoms. The fourth-order valence-electron chi connectivity index (χ4n) is 6.00. The Labute approximate surface area is 208 Å². The molecule has 0 aliphatic rings. The number of carboxylic acids is 1. The summed E-state index contributed by atoms with van der Waals surface area (Å²) >= 11 is 0. The van der Waals surface area contributed by atoms with Gasteiger partial charge >= 0.3 is 5.97 Å². The summed E-state index contributed by atoms with van der Waals surface area (Å²) in [5, 5.41) is 21.6. The van der Waals surface area contributed by atoms with E-state index in [1.807, 2.05) is 24.3 Å². The number of fused-ring (bicyclic) bond motifs is 10. The monoisotopic (exact) mass is 462 g/mol. The molecule has 0 heterocycles. The molecule has 0 bridgehead atoms. The summed E-state index contributed by atoms with van der Waals surface area (Å²) in [7, 11) is 0. The van der Waals surface area contributed by atoms with E-state index in [1.165, 1.54) is 32.3 Å². The quantitative estimate of drug-likeness (QED) is 0.267. The van der Waals surface area contributed by atoms with Crippen molar-refractivity contribution in [2.24, 2.45) is 0 Å². The van der Waals surface area contributed by atoms with Gasteiger partial charge < -0.3 is 5.11 Å². The molecule has 0 atom stereocenters. The fourth-order valence-corrected chi connectivity index (χ4v) is 6.00. The van der Waals surface area contributed by atoms with E-state index in [2.05, 4.69) is 91.0 Å². The SMILES string of the molecule is O=C(O)Cc1c(-c2ccccc2)c2c3ccccc3c3ccc4ccccc4c3c2c2ccccc12. The van der Waals surface area contributed by atoms with E-state index in [0.717, 1.165) is 38.2 Å². The van der Waals surface area contributed by atoms with Gasteiger partial charge in [0.25, 0.3) is 0 Å². The third kappa shape index (κ3) is 2.95. The van der Waals surface area contributed by atoms with E-state index < -0.39 is 5.97 Å². The van der Waals surface area contributed by atoms with E-state index in [4.69, 9.17) is 0 Å². The second-order valence-electron chi connectivity index (χ2n) is 9.34. The Bertz CT molecular complexity index is 1980. The van der Waals surface area contributed by atoms with Crippen molar-refractivity contribution in [3.05, 3.63) is 121 Å². The van der Waals surface area contributed by atoms with Gasteiger partial charge in [-0.15, -0.1) is 0 Å². The van der Waals surface area contributed by atoms with Gasteiger partial charge in [0.2, 0.25) is 0 Å². The first-order chi connectivity index (χ1) is 17.7. The number of carboxylic acid groups (broad SMARTS) is 1. The largest absolute Gasteiger partial charge is 0.481 e. The molecule has 7 rings (SSSR count). The molecule has 7 aromatic rings. The van der Waals surface area contributed by atoms with Gasteiger partial charge in [0, 0.05) is 0 Å². The Morgan fingerprint density at radius 2 is 1.06 bits per heavy atom. The van der Waals surface area contributed by atoms with Crippen molar-refractivity contribution in [1.29, 1.82) is 0 Å². The summed E-state index contributed by atoms with van der Waals surface area (Å²) in [4.78, 5) is 12.2. The number of hydrogen-bond acceptors (Lipinski definition) is 1. The zero-order valence-corrected chi connectivity index (χ0v) is 19.5. The Kier molecular flexibility index (Phi) is 4.55. The molecule has 0 radical (unpaired) electrons. The molecule has 0 aromatic heterocycles. The van der Waals surface area contributed by atoms with Crippen LogP contribution in [-0.2, 0) is 11.2 Å². The maximum absolute atomic E-state index is 12.2. The molecular formula is C34H22O2. The minimum absolute atomic E-state index is 0.0391. The molecular weight excluding hydrogens is 440 g/mol. The Morgan fingerprint density at radius 1 is 0.500 bits per heavy atom. The van der Waals surface area contributed by atoms with Crippen LogP contribution in [0.25, 0.3) is 65.0 Å². The molecule has 2 nitrogen and oxygen atoms in total. The molecule has 0 fully saturated rings. The zero-order valence-electron chi connectivity index (χ0n) is 19.5. The number of hydrogen-bond donors (Lipinski definition) is 1. The van der Waals surface area contributed by atoms with Crippen molar-refractivity contribution in [2.45, 2.75) is 6.42 Å². The second-order valence-corrected chi connectivity index (χ2v) is 9.34. The van der Waals surface area contributed by atoms with Gasteiger partial charge in [-0.1, -0.05) is 115 Å². The molecule has 0 saturated heterocycles. The van der Waals surface area contributed by atoms with Crippen LogP contribution in [0.2, 0.25) is 0 Å². The van der Waals surface area contributed by atoms with E-state index >= 15 is 0 Å². The van der Waals surface area contributed by atoms with Crippen molar-refractivity contribution in [3.63, 3.8) is 0 Å². The first-order valence-corrected chi connectivity index (χ1v) is 12.2. The number of carbonyl (C=O) groups is 1. The zero-order chi connectivity index (χ0) is 24.2. The molecule has 7 aromatic carbocycles. The van der Waals surface area contributed by atoms with Crippen LogP contribution in [-0.4, -0.2) is 11.1 Å². The van der Waals surface area contributed by atoms with Crippen LogP contribution in [0, 0.1) is 0 Å². The first-order valence-electron chi connectivity index (χ1n) is 12.2. The lowest BCUT2D eigenvalue weighted by Gasteiger charge is -2.21. The Hall–Kier alpha value is -4.69. The number of rotatable bonds is 3. The molecule has 0 aliphatic heterocycles. The highest BCUT2D eigenvalue weighted by Crippen LogP contribution is 2.47. The van der Waals surface area contributed by atoms with Gasteiger partial charge in [-0.05, 0) is 70.6 Å². The molecule has 170 valence electrons. The fraction of sp³-hybridized carbons (Fsp3) is 0.0294. The third-order valence-corrected chi connectivity index (χ3v) is 7.38. The topological polar surface area (TPSA) is 37.3 Å². The molecule has 0 unspecified atom stereocenters.